The Hall–Kier alpha value is -2.17. The number of hydrogen-bond acceptors (Lipinski definition) is 3. The van der Waals surface area contributed by atoms with Gasteiger partial charge in [-0.1, -0.05) is 0 Å². The Labute approximate surface area is 97.7 Å². The van der Waals surface area contributed by atoms with Gasteiger partial charge < -0.3 is 19.8 Å². The number of aromatic nitrogens is 1. The summed E-state index contributed by atoms with van der Waals surface area (Å²) in [5, 5.41) is 3.81. The number of amides is 1. The molecule has 1 fully saturated rings. The summed E-state index contributed by atoms with van der Waals surface area (Å²) in [4.78, 5) is 14.2. The fraction of sp³-hybridized carbons (Fsp3) is 0.250. The SMILES string of the molecule is COc1ccc2[nH]cc([C@@H]3COC(=O)N3)c2c1. The molecule has 1 atom stereocenters. The minimum absolute atomic E-state index is 0.0941. The van der Waals surface area contributed by atoms with Gasteiger partial charge >= 0.3 is 6.09 Å². The van der Waals surface area contributed by atoms with Crippen molar-refractivity contribution in [3.05, 3.63) is 30.0 Å². The van der Waals surface area contributed by atoms with Crippen LogP contribution in [0.5, 0.6) is 5.75 Å². The molecule has 1 aliphatic heterocycles. The molecule has 1 aromatic heterocycles. The molecule has 5 nitrogen and oxygen atoms in total. The lowest BCUT2D eigenvalue weighted by molar-refractivity contribution is 0.177. The van der Waals surface area contributed by atoms with Crippen molar-refractivity contribution in [3.8, 4) is 5.75 Å². The van der Waals surface area contributed by atoms with E-state index in [1.54, 1.807) is 7.11 Å². The fourth-order valence-electron chi connectivity index (χ4n) is 2.09. The monoisotopic (exact) mass is 232 g/mol. The smallest absolute Gasteiger partial charge is 0.407 e. The zero-order chi connectivity index (χ0) is 11.8. The number of nitrogens with one attached hydrogen (secondary N) is 2. The molecule has 1 amide bonds. The summed E-state index contributed by atoms with van der Waals surface area (Å²) in [6.07, 6.45) is 1.52. The summed E-state index contributed by atoms with van der Waals surface area (Å²) < 4.78 is 10.1. The molecule has 2 heterocycles. The summed E-state index contributed by atoms with van der Waals surface area (Å²) in [6.45, 7) is 0.364. The number of fused-ring (bicyclic) bond motifs is 1. The molecule has 1 saturated heterocycles. The molecular weight excluding hydrogens is 220 g/mol. The second-order valence-corrected chi connectivity index (χ2v) is 3.95. The molecule has 0 spiro atoms. The number of hydrogen-bond donors (Lipinski definition) is 2. The number of aromatic amines is 1. The van der Waals surface area contributed by atoms with Crippen LogP contribution in [0, 0.1) is 0 Å². The van der Waals surface area contributed by atoms with E-state index in [4.69, 9.17) is 9.47 Å². The van der Waals surface area contributed by atoms with Crippen LogP contribution in [0.2, 0.25) is 0 Å². The topological polar surface area (TPSA) is 63.4 Å². The summed E-state index contributed by atoms with van der Waals surface area (Å²) in [7, 11) is 1.63. The minimum Gasteiger partial charge on any atom is -0.497 e. The Kier molecular flexibility index (Phi) is 2.18. The van der Waals surface area contributed by atoms with E-state index in [0.717, 1.165) is 22.2 Å². The third kappa shape index (κ3) is 1.60. The first kappa shape index (κ1) is 10.0. The number of cyclic esters (lactones) is 1. The Bertz CT molecular complexity index is 576. The number of carbonyl (C=O) groups is 1. The molecule has 5 heteroatoms. The van der Waals surface area contributed by atoms with Gasteiger partial charge in [-0.25, -0.2) is 4.79 Å². The van der Waals surface area contributed by atoms with Crippen molar-refractivity contribution in [1.29, 1.82) is 0 Å². The van der Waals surface area contributed by atoms with Crippen molar-refractivity contribution in [2.24, 2.45) is 0 Å². The first-order chi connectivity index (χ1) is 8.28. The predicted octanol–water partition coefficient (Wildman–Crippen LogP) is 1.96. The normalized spacial score (nSPS) is 19.1. The molecule has 17 heavy (non-hydrogen) atoms. The van der Waals surface area contributed by atoms with E-state index in [1.165, 1.54) is 0 Å². The van der Waals surface area contributed by atoms with E-state index in [-0.39, 0.29) is 12.1 Å². The molecule has 2 aromatic rings. The number of benzene rings is 1. The molecule has 2 N–H and O–H groups in total. The number of methoxy groups -OCH3 is 1. The average Bonchev–Trinajstić information content (AvgIpc) is 2.93. The maximum absolute atomic E-state index is 11.0. The van der Waals surface area contributed by atoms with Crippen molar-refractivity contribution in [1.82, 2.24) is 10.3 Å². The van der Waals surface area contributed by atoms with E-state index >= 15 is 0 Å². The Balaban J connectivity index is 2.07. The van der Waals surface area contributed by atoms with Crippen LogP contribution in [0.3, 0.4) is 0 Å². The van der Waals surface area contributed by atoms with Crippen molar-refractivity contribution in [2.75, 3.05) is 13.7 Å². The average molecular weight is 232 g/mol. The molecule has 1 aliphatic rings. The second kappa shape index (κ2) is 3.69. The van der Waals surface area contributed by atoms with Crippen LogP contribution >= 0.6 is 0 Å². The maximum Gasteiger partial charge on any atom is 0.407 e. The van der Waals surface area contributed by atoms with Gasteiger partial charge in [0, 0.05) is 22.7 Å². The molecule has 3 rings (SSSR count). The van der Waals surface area contributed by atoms with E-state index in [9.17, 15) is 4.79 Å². The van der Waals surface area contributed by atoms with Crippen molar-refractivity contribution in [2.45, 2.75) is 6.04 Å². The molecule has 0 bridgehead atoms. The van der Waals surface area contributed by atoms with Gasteiger partial charge in [-0.15, -0.1) is 0 Å². The van der Waals surface area contributed by atoms with Gasteiger partial charge in [0.25, 0.3) is 0 Å². The van der Waals surface area contributed by atoms with Gasteiger partial charge in [0.15, 0.2) is 0 Å². The number of rotatable bonds is 2. The summed E-state index contributed by atoms with van der Waals surface area (Å²) >= 11 is 0. The lowest BCUT2D eigenvalue weighted by atomic mass is 10.1. The van der Waals surface area contributed by atoms with Crippen LogP contribution < -0.4 is 10.1 Å². The largest absolute Gasteiger partial charge is 0.497 e. The first-order valence-electron chi connectivity index (χ1n) is 5.36. The van der Waals surface area contributed by atoms with Crippen LogP contribution in [0.1, 0.15) is 11.6 Å². The van der Waals surface area contributed by atoms with Gasteiger partial charge in [0.2, 0.25) is 0 Å². The number of H-pyrrole nitrogens is 1. The van der Waals surface area contributed by atoms with E-state index in [1.807, 2.05) is 24.4 Å². The highest BCUT2D eigenvalue weighted by atomic mass is 16.6. The van der Waals surface area contributed by atoms with Crippen molar-refractivity contribution in [3.63, 3.8) is 0 Å². The molecule has 0 unspecified atom stereocenters. The van der Waals surface area contributed by atoms with Gasteiger partial charge in [-0.3, -0.25) is 0 Å². The quantitative estimate of drug-likeness (QED) is 0.831. The van der Waals surface area contributed by atoms with Gasteiger partial charge in [0.05, 0.1) is 13.2 Å². The first-order valence-corrected chi connectivity index (χ1v) is 5.36. The molecule has 88 valence electrons. The van der Waals surface area contributed by atoms with Crippen LogP contribution in [-0.2, 0) is 4.74 Å². The zero-order valence-electron chi connectivity index (χ0n) is 9.32. The summed E-state index contributed by atoms with van der Waals surface area (Å²) in [5.74, 6) is 0.795. The molecule has 1 aromatic carbocycles. The second-order valence-electron chi connectivity index (χ2n) is 3.95. The third-order valence-electron chi connectivity index (χ3n) is 2.97. The highest BCUT2D eigenvalue weighted by molar-refractivity contribution is 5.86. The van der Waals surface area contributed by atoms with Crippen LogP contribution in [0.15, 0.2) is 24.4 Å². The predicted molar refractivity (Wildman–Crippen MR) is 62.1 cm³/mol. The summed E-state index contributed by atoms with van der Waals surface area (Å²) in [5.41, 5.74) is 2.03. The minimum atomic E-state index is -0.368. The number of ether oxygens (including phenoxy) is 2. The zero-order valence-corrected chi connectivity index (χ0v) is 9.32. The Morgan fingerprint density at radius 2 is 2.35 bits per heavy atom. The highest BCUT2D eigenvalue weighted by Crippen LogP contribution is 2.29. The Morgan fingerprint density at radius 1 is 1.47 bits per heavy atom. The van der Waals surface area contributed by atoms with Crippen molar-refractivity contribution >= 4 is 17.0 Å². The standard InChI is InChI=1S/C12H12N2O3/c1-16-7-2-3-10-8(4-7)9(5-13-10)11-6-17-12(15)14-11/h2-5,11,13H,6H2,1H3,(H,14,15)/t11-/m0/s1. The molecule has 0 saturated carbocycles. The highest BCUT2D eigenvalue weighted by Gasteiger charge is 2.25. The van der Waals surface area contributed by atoms with Crippen molar-refractivity contribution < 1.29 is 14.3 Å². The number of alkyl carbamates (subject to hydrolysis) is 1. The molecular formula is C12H12N2O3. The van der Waals surface area contributed by atoms with E-state index < -0.39 is 0 Å². The van der Waals surface area contributed by atoms with Gasteiger partial charge in [-0.05, 0) is 18.2 Å². The summed E-state index contributed by atoms with van der Waals surface area (Å²) in [6, 6.07) is 5.70. The van der Waals surface area contributed by atoms with Crippen LogP contribution in [-0.4, -0.2) is 24.8 Å². The molecule has 0 radical (unpaired) electrons. The maximum atomic E-state index is 11.0. The lowest BCUT2D eigenvalue weighted by Crippen LogP contribution is -2.17. The van der Waals surface area contributed by atoms with E-state index in [0.29, 0.717) is 6.61 Å². The fourth-order valence-corrected chi connectivity index (χ4v) is 2.09. The van der Waals surface area contributed by atoms with E-state index in [2.05, 4.69) is 10.3 Å². The van der Waals surface area contributed by atoms with Gasteiger partial charge in [-0.2, -0.15) is 0 Å². The van der Waals surface area contributed by atoms with Crippen LogP contribution in [0.4, 0.5) is 4.79 Å². The number of carbonyl (C=O) groups excluding carboxylic acids is 1. The van der Waals surface area contributed by atoms with Gasteiger partial charge in [0.1, 0.15) is 12.4 Å². The van der Waals surface area contributed by atoms with Crippen LogP contribution in [0.25, 0.3) is 10.9 Å². The lowest BCUT2D eigenvalue weighted by Gasteiger charge is -2.06. The third-order valence-corrected chi connectivity index (χ3v) is 2.97. The Morgan fingerprint density at radius 3 is 3.06 bits per heavy atom. The molecule has 0 aliphatic carbocycles.